The van der Waals surface area contributed by atoms with Gasteiger partial charge in [-0.1, -0.05) is 15.9 Å². The number of benzene rings is 1. The Bertz CT molecular complexity index is 562. The maximum absolute atomic E-state index is 12.0. The molecule has 0 aromatic heterocycles. The minimum atomic E-state index is -3.17. The van der Waals surface area contributed by atoms with E-state index in [9.17, 15) is 8.42 Å². The van der Waals surface area contributed by atoms with Crippen molar-refractivity contribution in [2.24, 2.45) is 5.73 Å². The zero-order valence-corrected chi connectivity index (χ0v) is 14.7. The Morgan fingerprint density at radius 1 is 1.35 bits per heavy atom. The van der Waals surface area contributed by atoms with Crippen molar-refractivity contribution in [1.82, 2.24) is 0 Å². The van der Waals surface area contributed by atoms with Crippen molar-refractivity contribution in [2.45, 2.75) is 38.5 Å². The van der Waals surface area contributed by atoms with Crippen LogP contribution in [0.4, 0.5) is 0 Å². The summed E-state index contributed by atoms with van der Waals surface area (Å²) < 4.78 is 29.8. The Labute approximate surface area is 129 Å². The van der Waals surface area contributed by atoms with Crippen molar-refractivity contribution in [3.05, 3.63) is 28.2 Å². The van der Waals surface area contributed by atoms with E-state index in [0.717, 1.165) is 10.0 Å². The maximum atomic E-state index is 12.0. The fourth-order valence-corrected chi connectivity index (χ4v) is 2.87. The van der Waals surface area contributed by atoms with Gasteiger partial charge in [0, 0.05) is 16.1 Å². The molecule has 0 fully saturated rings. The summed E-state index contributed by atoms with van der Waals surface area (Å²) in [7, 11) is -3.17. The minimum absolute atomic E-state index is 0.00897. The van der Waals surface area contributed by atoms with Crippen LogP contribution in [0, 0.1) is 0 Å². The summed E-state index contributed by atoms with van der Waals surface area (Å²) in [5.41, 5.74) is 6.75. The molecule has 2 N–H and O–H groups in total. The van der Waals surface area contributed by atoms with E-state index in [-0.39, 0.29) is 18.4 Å². The van der Waals surface area contributed by atoms with Gasteiger partial charge in [-0.15, -0.1) is 0 Å². The third-order valence-electron chi connectivity index (χ3n) is 3.01. The molecule has 0 aliphatic heterocycles. The zero-order chi connectivity index (χ0) is 15.6. The van der Waals surface area contributed by atoms with Gasteiger partial charge >= 0.3 is 0 Å². The quantitative estimate of drug-likeness (QED) is 0.872. The first-order valence-electron chi connectivity index (χ1n) is 6.45. The van der Waals surface area contributed by atoms with Gasteiger partial charge in [-0.25, -0.2) is 8.42 Å². The summed E-state index contributed by atoms with van der Waals surface area (Å²) >= 11 is 3.38. The highest BCUT2D eigenvalue weighted by Gasteiger charge is 2.28. The molecule has 1 aromatic rings. The van der Waals surface area contributed by atoms with Crippen molar-refractivity contribution in [3.8, 4) is 5.75 Å². The maximum Gasteiger partial charge on any atom is 0.158 e. The number of hydrogen-bond acceptors (Lipinski definition) is 4. The van der Waals surface area contributed by atoms with Gasteiger partial charge in [0.25, 0.3) is 0 Å². The van der Waals surface area contributed by atoms with Gasteiger partial charge < -0.3 is 10.5 Å². The average Bonchev–Trinajstić information content (AvgIpc) is 2.29. The molecule has 1 rings (SSSR count). The standard InChI is InChI=1S/C14H22BrNO3S/c1-10(16)12-9-11(15)5-6-13(12)19-7-8-20(17,18)14(2,3)4/h5-6,9-10H,7-8,16H2,1-4H3. The summed E-state index contributed by atoms with van der Waals surface area (Å²) in [4.78, 5) is 0. The average molecular weight is 364 g/mol. The summed E-state index contributed by atoms with van der Waals surface area (Å²) in [6.07, 6.45) is 0. The number of sulfone groups is 1. The van der Waals surface area contributed by atoms with Gasteiger partial charge in [-0.2, -0.15) is 0 Å². The van der Waals surface area contributed by atoms with Gasteiger partial charge in [0.2, 0.25) is 0 Å². The minimum Gasteiger partial charge on any atom is -0.492 e. The van der Waals surface area contributed by atoms with Crippen molar-refractivity contribution in [2.75, 3.05) is 12.4 Å². The molecular weight excluding hydrogens is 342 g/mol. The molecule has 0 heterocycles. The Morgan fingerprint density at radius 2 is 1.95 bits per heavy atom. The molecule has 0 radical (unpaired) electrons. The van der Waals surface area contributed by atoms with Crippen molar-refractivity contribution in [3.63, 3.8) is 0 Å². The molecule has 1 atom stereocenters. The molecule has 0 saturated carbocycles. The van der Waals surface area contributed by atoms with E-state index < -0.39 is 14.6 Å². The van der Waals surface area contributed by atoms with Crippen LogP contribution in [-0.4, -0.2) is 25.5 Å². The molecule has 0 saturated heterocycles. The van der Waals surface area contributed by atoms with Crippen molar-refractivity contribution >= 4 is 25.8 Å². The Hall–Kier alpha value is -0.590. The third kappa shape index (κ3) is 4.46. The van der Waals surface area contributed by atoms with Crippen LogP contribution in [0.3, 0.4) is 0 Å². The molecular formula is C14H22BrNO3S. The van der Waals surface area contributed by atoms with Crippen LogP contribution in [0.5, 0.6) is 5.75 Å². The second kappa shape index (κ2) is 6.45. The molecule has 0 aliphatic carbocycles. The van der Waals surface area contributed by atoms with E-state index in [4.69, 9.17) is 10.5 Å². The van der Waals surface area contributed by atoms with Crippen molar-refractivity contribution in [1.29, 1.82) is 0 Å². The van der Waals surface area contributed by atoms with Gasteiger partial charge in [0.05, 0.1) is 10.5 Å². The number of nitrogens with two attached hydrogens (primary N) is 1. The lowest BCUT2D eigenvalue weighted by Gasteiger charge is -2.20. The predicted octanol–water partition coefficient (Wildman–Crippen LogP) is 3.06. The number of rotatable bonds is 5. The number of ether oxygens (including phenoxy) is 1. The van der Waals surface area contributed by atoms with Crippen LogP contribution >= 0.6 is 15.9 Å². The second-order valence-corrected chi connectivity index (χ2v) is 9.53. The lowest BCUT2D eigenvalue weighted by molar-refractivity contribution is 0.334. The molecule has 0 aliphatic rings. The Balaban J connectivity index is 2.77. The van der Waals surface area contributed by atoms with Crippen LogP contribution in [0.1, 0.15) is 39.3 Å². The smallest absolute Gasteiger partial charge is 0.158 e. The highest BCUT2D eigenvalue weighted by molar-refractivity contribution is 9.10. The van der Waals surface area contributed by atoms with Crippen LogP contribution in [0.2, 0.25) is 0 Å². The number of hydrogen-bond donors (Lipinski definition) is 1. The normalized spacial score (nSPS) is 14.1. The predicted molar refractivity (Wildman–Crippen MR) is 85.8 cm³/mol. The van der Waals surface area contributed by atoms with Crippen LogP contribution in [0.25, 0.3) is 0 Å². The molecule has 6 heteroatoms. The van der Waals surface area contributed by atoms with E-state index in [0.29, 0.717) is 5.75 Å². The molecule has 20 heavy (non-hydrogen) atoms. The van der Waals surface area contributed by atoms with E-state index in [1.54, 1.807) is 26.8 Å². The van der Waals surface area contributed by atoms with Crippen LogP contribution < -0.4 is 10.5 Å². The molecule has 1 unspecified atom stereocenters. The topological polar surface area (TPSA) is 69.4 Å². The monoisotopic (exact) mass is 363 g/mol. The largest absolute Gasteiger partial charge is 0.492 e. The van der Waals surface area contributed by atoms with Crippen LogP contribution in [-0.2, 0) is 9.84 Å². The zero-order valence-electron chi connectivity index (χ0n) is 12.3. The first kappa shape index (κ1) is 17.5. The van der Waals surface area contributed by atoms with E-state index in [1.165, 1.54) is 0 Å². The summed E-state index contributed by atoms with van der Waals surface area (Å²) in [5.74, 6) is 0.623. The van der Waals surface area contributed by atoms with E-state index >= 15 is 0 Å². The first-order chi connectivity index (χ1) is 9.04. The SMILES string of the molecule is CC(N)c1cc(Br)ccc1OCCS(=O)(=O)C(C)(C)C. The fraction of sp³-hybridized carbons (Fsp3) is 0.571. The Morgan fingerprint density at radius 3 is 2.45 bits per heavy atom. The van der Waals surface area contributed by atoms with E-state index in [2.05, 4.69) is 15.9 Å². The van der Waals surface area contributed by atoms with Gasteiger partial charge in [-0.05, 0) is 45.9 Å². The van der Waals surface area contributed by atoms with Gasteiger partial charge in [-0.3, -0.25) is 0 Å². The highest BCUT2D eigenvalue weighted by Crippen LogP contribution is 2.27. The van der Waals surface area contributed by atoms with Crippen LogP contribution in [0.15, 0.2) is 22.7 Å². The van der Waals surface area contributed by atoms with Crippen molar-refractivity contribution < 1.29 is 13.2 Å². The first-order valence-corrected chi connectivity index (χ1v) is 8.89. The Kier molecular flexibility index (Phi) is 5.63. The summed E-state index contributed by atoms with van der Waals surface area (Å²) in [6.45, 7) is 7.06. The molecule has 0 spiro atoms. The lowest BCUT2D eigenvalue weighted by atomic mass is 10.1. The van der Waals surface area contributed by atoms with E-state index in [1.807, 2.05) is 19.1 Å². The fourth-order valence-electron chi connectivity index (χ4n) is 1.57. The molecule has 114 valence electrons. The second-order valence-electron chi connectivity index (χ2n) is 5.75. The highest BCUT2D eigenvalue weighted by atomic mass is 79.9. The van der Waals surface area contributed by atoms with Gasteiger partial charge in [0.15, 0.2) is 9.84 Å². The third-order valence-corrected chi connectivity index (χ3v) is 6.07. The molecule has 4 nitrogen and oxygen atoms in total. The molecule has 0 bridgehead atoms. The van der Waals surface area contributed by atoms with Gasteiger partial charge in [0.1, 0.15) is 12.4 Å². The summed E-state index contributed by atoms with van der Waals surface area (Å²) in [6, 6.07) is 5.35. The number of halogens is 1. The molecule has 0 amide bonds. The summed E-state index contributed by atoms with van der Waals surface area (Å²) in [5, 5.41) is 0. The lowest BCUT2D eigenvalue weighted by Crippen LogP contribution is -2.32. The molecule has 1 aromatic carbocycles.